The van der Waals surface area contributed by atoms with E-state index < -0.39 is 6.36 Å². The molecule has 3 rings (SSSR count). The summed E-state index contributed by atoms with van der Waals surface area (Å²) in [7, 11) is 3.88. The molecule has 1 fully saturated rings. The molecule has 0 bridgehead atoms. The van der Waals surface area contributed by atoms with Crippen molar-refractivity contribution in [2.45, 2.75) is 58.0 Å². The number of carbonyl (C=O) groups excluding carboxylic acids is 1. The highest BCUT2D eigenvalue weighted by Crippen LogP contribution is 2.28. The van der Waals surface area contributed by atoms with E-state index in [9.17, 15) is 18.0 Å². The van der Waals surface area contributed by atoms with Crippen molar-refractivity contribution in [3.05, 3.63) is 41.6 Å². The predicted octanol–water partition coefficient (Wildman–Crippen LogP) is 4.60. The lowest BCUT2D eigenvalue weighted by atomic mass is 9.85. The third kappa shape index (κ3) is 6.97. The first-order valence-corrected chi connectivity index (χ1v) is 11.0. The third-order valence-electron chi connectivity index (χ3n) is 5.77. The minimum atomic E-state index is -4.73. The van der Waals surface area contributed by atoms with Gasteiger partial charge in [0.15, 0.2) is 0 Å². The van der Waals surface area contributed by atoms with Crippen LogP contribution in [0.1, 0.15) is 49.8 Å². The van der Waals surface area contributed by atoms with Crippen molar-refractivity contribution in [1.29, 1.82) is 0 Å². The average Bonchev–Trinajstić information content (AvgIpc) is 2.74. The van der Waals surface area contributed by atoms with Crippen LogP contribution in [-0.2, 0) is 4.79 Å². The monoisotopic (exact) mass is 465 g/mol. The molecule has 10 heteroatoms. The zero-order valence-corrected chi connectivity index (χ0v) is 19.2. The molecular weight excluding hydrogens is 435 g/mol. The van der Waals surface area contributed by atoms with E-state index in [1.54, 1.807) is 6.20 Å². The van der Waals surface area contributed by atoms with Crippen molar-refractivity contribution in [3.63, 3.8) is 0 Å². The fraction of sp³-hybridized carbons (Fsp3) is 0.522. The van der Waals surface area contributed by atoms with Crippen molar-refractivity contribution < 1.29 is 22.7 Å². The molecule has 0 aliphatic heterocycles. The second kappa shape index (κ2) is 10.3. The van der Waals surface area contributed by atoms with Gasteiger partial charge < -0.3 is 20.3 Å². The number of hydrogen-bond acceptors (Lipinski definition) is 6. The van der Waals surface area contributed by atoms with Crippen LogP contribution in [0.3, 0.4) is 0 Å². The van der Waals surface area contributed by atoms with Crippen molar-refractivity contribution in [2.75, 3.05) is 24.3 Å². The summed E-state index contributed by atoms with van der Waals surface area (Å²) in [4.78, 5) is 23.6. The van der Waals surface area contributed by atoms with Crippen LogP contribution in [0.25, 0.3) is 0 Å². The molecule has 0 radical (unpaired) electrons. The molecule has 1 amide bonds. The maximum Gasteiger partial charge on any atom is 0.573 e. The molecule has 2 aromatic rings. The average molecular weight is 466 g/mol. The molecule has 1 aliphatic carbocycles. The highest BCUT2D eigenvalue weighted by molar-refractivity contribution is 5.79. The van der Waals surface area contributed by atoms with Gasteiger partial charge in [0.25, 0.3) is 0 Å². The summed E-state index contributed by atoms with van der Waals surface area (Å²) in [6.45, 7) is 3.77. The van der Waals surface area contributed by atoms with E-state index in [0.29, 0.717) is 11.5 Å². The summed E-state index contributed by atoms with van der Waals surface area (Å²) in [5.41, 5.74) is 1.71. The first kappa shape index (κ1) is 24.6. The standard InChI is InChI=1S/C23H30F3N5O2/c1-14-13-27-22(30-20(14)31(3)4)29-18-9-5-17(6-10-18)21(32)28-15(2)16-7-11-19(12-8-16)33-23(24,25)26/h7-8,11-13,15,17-18H,5-6,9-10H2,1-4H3,(H,28,32)(H,27,29,30)/t15-,17-,18+/m0/s1. The Morgan fingerprint density at radius 1 is 1.15 bits per heavy atom. The first-order chi connectivity index (χ1) is 15.5. The Kier molecular flexibility index (Phi) is 7.65. The summed E-state index contributed by atoms with van der Waals surface area (Å²) in [5.74, 6) is 1.02. The SMILES string of the molecule is Cc1cnc(N[C@H]2CC[C@@H](C(=O)N[C@@H](C)c3ccc(OC(F)(F)F)cc3)CC2)nc1N(C)C. The fourth-order valence-electron chi connectivity index (χ4n) is 4.01. The minimum Gasteiger partial charge on any atom is -0.406 e. The van der Waals surface area contributed by atoms with Crippen LogP contribution < -0.4 is 20.3 Å². The molecule has 0 saturated heterocycles. The molecule has 180 valence electrons. The first-order valence-electron chi connectivity index (χ1n) is 11.0. The van der Waals surface area contributed by atoms with Gasteiger partial charge in [-0.1, -0.05) is 12.1 Å². The van der Waals surface area contributed by atoms with E-state index in [1.165, 1.54) is 24.3 Å². The molecule has 0 spiro atoms. The Balaban J connectivity index is 1.48. The lowest BCUT2D eigenvalue weighted by molar-refractivity contribution is -0.274. The van der Waals surface area contributed by atoms with Crippen LogP contribution >= 0.6 is 0 Å². The lowest BCUT2D eigenvalue weighted by Gasteiger charge is -2.29. The highest BCUT2D eigenvalue weighted by Gasteiger charge is 2.31. The van der Waals surface area contributed by atoms with E-state index in [0.717, 1.165) is 37.1 Å². The van der Waals surface area contributed by atoms with Crippen molar-refractivity contribution in [1.82, 2.24) is 15.3 Å². The van der Waals surface area contributed by atoms with Gasteiger partial charge in [-0.25, -0.2) is 4.98 Å². The summed E-state index contributed by atoms with van der Waals surface area (Å²) in [6, 6.07) is 5.42. The highest BCUT2D eigenvalue weighted by atomic mass is 19.4. The van der Waals surface area contributed by atoms with Gasteiger partial charge in [-0.2, -0.15) is 4.98 Å². The molecule has 1 aromatic carbocycles. The molecule has 2 N–H and O–H groups in total. The molecular formula is C23H30F3N5O2. The summed E-state index contributed by atoms with van der Waals surface area (Å²) in [6.07, 6.45) is 0.194. The fourth-order valence-corrected chi connectivity index (χ4v) is 4.01. The van der Waals surface area contributed by atoms with Crippen LogP contribution in [0, 0.1) is 12.8 Å². The van der Waals surface area contributed by atoms with Crippen LogP contribution in [0.15, 0.2) is 30.5 Å². The smallest absolute Gasteiger partial charge is 0.406 e. The molecule has 1 aromatic heterocycles. The van der Waals surface area contributed by atoms with Gasteiger partial charge in [-0.3, -0.25) is 4.79 Å². The number of hydrogen-bond donors (Lipinski definition) is 2. The van der Waals surface area contributed by atoms with Gasteiger partial charge in [0, 0.05) is 37.8 Å². The minimum absolute atomic E-state index is 0.0435. The predicted molar refractivity (Wildman–Crippen MR) is 120 cm³/mol. The number of nitrogens with one attached hydrogen (secondary N) is 2. The third-order valence-corrected chi connectivity index (χ3v) is 5.77. The molecule has 7 nitrogen and oxygen atoms in total. The Bertz CT molecular complexity index is 942. The second-order valence-corrected chi connectivity index (χ2v) is 8.63. The molecule has 0 unspecified atom stereocenters. The molecule has 1 atom stereocenters. The van der Waals surface area contributed by atoms with Gasteiger partial charge in [0.2, 0.25) is 11.9 Å². The number of alkyl halides is 3. The quantitative estimate of drug-likeness (QED) is 0.622. The van der Waals surface area contributed by atoms with E-state index in [1.807, 2.05) is 32.8 Å². The molecule has 1 heterocycles. The molecule has 1 aliphatic rings. The van der Waals surface area contributed by atoms with E-state index in [-0.39, 0.29) is 29.7 Å². The normalized spacial score (nSPS) is 19.5. The summed E-state index contributed by atoms with van der Waals surface area (Å²) in [5, 5.41) is 6.35. The Morgan fingerprint density at radius 3 is 2.36 bits per heavy atom. The largest absolute Gasteiger partial charge is 0.573 e. The maximum absolute atomic E-state index is 12.7. The number of benzene rings is 1. The second-order valence-electron chi connectivity index (χ2n) is 8.63. The van der Waals surface area contributed by atoms with E-state index in [2.05, 4.69) is 25.3 Å². The lowest BCUT2D eigenvalue weighted by Crippen LogP contribution is -2.37. The number of nitrogens with zero attached hydrogens (tertiary/aromatic N) is 3. The zero-order chi connectivity index (χ0) is 24.2. The summed E-state index contributed by atoms with van der Waals surface area (Å²) < 4.78 is 40.8. The Hall–Kier alpha value is -3.04. The van der Waals surface area contributed by atoms with Crippen LogP contribution in [0.4, 0.5) is 24.9 Å². The van der Waals surface area contributed by atoms with Crippen LogP contribution in [-0.4, -0.2) is 42.4 Å². The van der Waals surface area contributed by atoms with Gasteiger partial charge in [0.05, 0.1) is 6.04 Å². The molecule has 33 heavy (non-hydrogen) atoms. The van der Waals surface area contributed by atoms with Gasteiger partial charge >= 0.3 is 6.36 Å². The number of aromatic nitrogens is 2. The Labute approximate surface area is 191 Å². The Morgan fingerprint density at radius 2 is 1.79 bits per heavy atom. The number of aryl methyl sites for hydroxylation is 1. The van der Waals surface area contributed by atoms with Gasteiger partial charge in [0.1, 0.15) is 11.6 Å². The van der Waals surface area contributed by atoms with E-state index >= 15 is 0 Å². The van der Waals surface area contributed by atoms with Crippen LogP contribution in [0.2, 0.25) is 0 Å². The number of anilines is 2. The van der Waals surface area contributed by atoms with Crippen LogP contribution in [0.5, 0.6) is 5.75 Å². The summed E-state index contributed by atoms with van der Waals surface area (Å²) >= 11 is 0. The number of ether oxygens (including phenoxy) is 1. The number of rotatable bonds is 7. The van der Waals surface area contributed by atoms with Gasteiger partial charge in [-0.05, 0) is 57.2 Å². The zero-order valence-electron chi connectivity index (χ0n) is 19.2. The maximum atomic E-state index is 12.7. The topological polar surface area (TPSA) is 79.4 Å². The van der Waals surface area contributed by atoms with Gasteiger partial charge in [-0.15, -0.1) is 13.2 Å². The number of halogens is 3. The van der Waals surface area contributed by atoms with E-state index in [4.69, 9.17) is 0 Å². The molecule has 1 saturated carbocycles. The van der Waals surface area contributed by atoms with Crippen molar-refractivity contribution in [3.8, 4) is 5.75 Å². The van der Waals surface area contributed by atoms with Crippen molar-refractivity contribution >= 4 is 17.7 Å². The van der Waals surface area contributed by atoms with Crippen molar-refractivity contribution in [2.24, 2.45) is 5.92 Å². The number of amides is 1. The number of carbonyl (C=O) groups is 1.